The third-order valence-corrected chi connectivity index (χ3v) is 3.88. The van der Waals surface area contributed by atoms with Crippen LogP contribution < -0.4 is 0 Å². The van der Waals surface area contributed by atoms with Crippen molar-refractivity contribution >= 4 is 15.9 Å². The Morgan fingerprint density at radius 2 is 2.18 bits per heavy atom. The van der Waals surface area contributed by atoms with E-state index in [1.807, 2.05) is 0 Å². The Hall–Kier alpha value is -0.340. The lowest BCUT2D eigenvalue weighted by Gasteiger charge is -2.29. The fourth-order valence-corrected chi connectivity index (χ4v) is 3.42. The monoisotopic (exact) mass is 295 g/mol. The van der Waals surface area contributed by atoms with Crippen molar-refractivity contribution in [1.29, 1.82) is 0 Å². The minimum absolute atomic E-state index is 0.575. The number of rotatable bonds is 4. The van der Waals surface area contributed by atoms with Gasteiger partial charge in [0.2, 0.25) is 0 Å². The van der Waals surface area contributed by atoms with Gasteiger partial charge in [-0.25, -0.2) is 0 Å². The molecule has 0 fully saturated rings. The highest BCUT2D eigenvalue weighted by Gasteiger charge is 2.21. The summed E-state index contributed by atoms with van der Waals surface area (Å²) in [4.78, 5) is 3.03. The third-order valence-electron chi connectivity index (χ3n) is 3.59. The van der Waals surface area contributed by atoms with Gasteiger partial charge in [-0.15, -0.1) is 0 Å². The van der Waals surface area contributed by atoms with Crippen LogP contribution in [0.2, 0.25) is 0 Å². The molecule has 1 nitrogen and oxygen atoms in total. The van der Waals surface area contributed by atoms with Crippen molar-refractivity contribution in [1.82, 2.24) is 4.90 Å². The van der Waals surface area contributed by atoms with Crippen LogP contribution in [0, 0.1) is 0 Å². The molecular weight excluding hydrogens is 274 g/mol. The molecule has 94 valence electrons. The summed E-state index contributed by atoms with van der Waals surface area (Å²) in [5.41, 5.74) is 3.16. The SMILES string of the molecule is CC(Br)CN(C)CC1CCCc2ccccc21. The maximum Gasteiger partial charge on any atom is 0.0244 e. The lowest BCUT2D eigenvalue weighted by molar-refractivity contribution is 0.302. The highest BCUT2D eigenvalue weighted by atomic mass is 79.9. The predicted molar refractivity (Wildman–Crippen MR) is 78.0 cm³/mol. The van der Waals surface area contributed by atoms with Gasteiger partial charge >= 0.3 is 0 Å². The number of alkyl halides is 1. The maximum atomic E-state index is 3.63. The van der Waals surface area contributed by atoms with E-state index in [2.05, 4.69) is 59.1 Å². The Balaban J connectivity index is 2.03. The van der Waals surface area contributed by atoms with Gasteiger partial charge < -0.3 is 4.90 Å². The minimum Gasteiger partial charge on any atom is -0.305 e. The molecule has 0 bridgehead atoms. The summed E-state index contributed by atoms with van der Waals surface area (Å²) in [5, 5.41) is 0. The first-order valence-electron chi connectivity index (χ1n) is 6.57. The molecule has 0 heterocycles. The molecule has 17 heavy (non-hydrogen) atoms. The zero-order chi connectivity index (χ0) is 12.3. The van der Waals surface area contributed by atoms with Gasteiger partial charge in [0, 0.05) is 17.9 Å². The fourth-order valence-electron chi connectivity index (χ4n) is 2.92. The Kier molecular flexibility index (Phi) is 4.63. The average molecular weight is 296 g/mol. The molecule has 0 N–H and O–H groups in total. The summed E-state index contributed by atoms with van der Waals surface area (Å²) in [7, 11) is 2.23. The van der Waals surface area contributed by atoms with Crippen molar-refractivity contribution in [3.05, 3.63) is 35.4 Å². The number of benzene rings is 1. The Bertz CT molecular complexity index is 362. The minimum atomic E-state index is 0.575. The highest BCUT2D eigenvalue weighted by molar-refractivity contribution is 9.09. The highest BCUT2D eigenvalue weighted by Crippen LogP contribution is 2.31. The first kappa shape index (κ1) is 13.1. The molecule has 0 saturated carbocycles. The van der Waals surface area contributed by atoms with Crippen LogP contribution in [0.3, 0.4) is 0 Å². The van der Waals surface area contributed by atoms with Crippen LogP contribution in [0.15, 0.2) is 24.3 Å². The number of likely N-dealkylation sites (N-methyl/N-ethyl adjacent to an activating group) is 1. The molecule has 2 atom stereocenters. The lowest BCUT2D eigenvalue weighted by atomic mass is 9.82. The summed E-state index contributed by atoms with van der Waals surface area (Å²) in [6.07, 6.45) is 3.96. The number of nitrogens with zero attached hydrogens (tertiary/aromatic N) is 1. The van der Waals surface area contributed by atoms with Crippen molar-refractivity contribution in [2.75, 3.05) is 20.1 Å². The second-order valence-corrected chi connectivity index (χ2v) is 6.85. The van der Waals surface area contributed by atoms with Gasteiger partial charge in [0.25, 0.3) is 0 Å². The maximum absolute atomic E-state index is 3.63. The van der Waals surface area contributed by atoms with Gasteiger partial charge in [0.15, 0.2) is 0 Å². The van der Waals surface area contributed by atoms with E-state index in [9.17, 15) is 0 Å². The van der Waals surface area contributed by atoms with Gasteiger partial charge in [0.05, 0.1) is 0 Å². The second kappa shape index (κ2) is 6.01. The van der Waals surface area contributed by atoms with Crippen molar-refractivity contribution in [2.45, 2.75) is 36.9 Å². The summed E-state index contributed by atoms with van der Waals surface area (Å²) < 4.78 is 0. The van der Waals surface area contributed by atoms with Crippen LogP contribution in [0.1, 0.15) is 36.8 Å². The molecule has 0 amide bonds. The van der Waals surface area contributed by atoms with E-state index in [-0.39, 0.29) is 0 Å². The van der Waals surface area contributed by atoms with E-state index in [1.54, 1.807) is 11.1 Å². The van der Waals surface area contributed by atoms with Gasteiger partial charge in [-0.1, -0.05) is 47.1 Å². The summed E-state index contributed by atoms with van der Waals surface area (Å²) >= 11 is 3.63. The molecule has 1 aliphatic rings. The standard InChI is InChI=1S/C15H22BrN/c1-12(16)10-17(2)11-14-8-5-7-13-6-3-4-9-15(13)14/h3-4,6,9,12,14H,5,7-8,10-11H2,1-2H3. The van der Waals surface area contributed by atoms with Crippen LogP contribution in [0.25, 0.3) is 0 Å². The summed E-state index contributed by atoms with van der Waals surface area (Å²) in [5.74, 6) is 0.733. The number of hydrogen-bond donors (Lipinski definition) is 0. The molecule has 2 heteroatoms. The molecule has 0 aliphatic heterocycles. The topological polar surface area (TPSA) is 3.24 Å². The van der Waals surface area contributed by atoms with Gasteiger partial charge in [0.1, 0.15) is 0 Å². The summed E-state index contributed by atoms with van der Waals surface area (Å²) in [6.45, 7) is 4.52. The Morgan fingerprint density at radius 1 is 1.41 bits per heavy atom. The molecular formula is C15H22BrN. The van der Waals surface area contributed by atoms with E-state index >= 15 is 0 Å². The van der Waals surface area contributed by atoms with Crippen molar-refractivity contribution in [3.8, 4) is 0 Å². The normalized spacial score (nSPS) is 21.3. The second-order valence-electron chi connectivity index (χ2n) is 5.29. The number of hydrogen-bond acceptors (Lipinski definition) is 1. The zero-order valence-corrected chi connectivity index (χ0v) is 12.4. The molecule has 2 rings (SSSR count). The molecule has 0 spiro atoms. The van der Waals surface area contributed by atoms with Crippen LogP contribution in [-0.2, 0) is 6.42 Å². The fraction of sp³-hybridized carbons (Fsp3) is 0.600. The van der Waals surface area contributed by atoms with Crippen LogP contribution in [0.5, 0.6) is 0 Å². The quantitative estimate of drug-likeness (QED) is 0.763. The predicted octanol–water partition coefficient (Wildman–Crippen LogP) is 3.82. The van der Waals surface area contributed by atoms with Crippen molar-refractivity contribution < 1.29 is 0 Å². The van der Waals surface area contributed by atoms with Gasteiger partial charge in [-0.3, -0.25) is 0 Å². The molecule has 2 unspecified atom stereocenters. The number of halogens is 1. The molecule has 1 aliphatic carbocycles. The van der Waals surface area contributed by atoms with E-state index in [0.717, 1.165) is 12.5 Å². The van der Waals surface area contributed by atoms with E-state index < -0.39 is 0 Å². The van der Waals surface area contributed by atoms with Gasteiger partial charge in [-0.2, -0.15) is 0 Å². The number of fused-ring (bicyclic) bond motifs is 1. The molecule has 1 aromatic rings. The molecule has 0 saturated heterocycles. The van der Waals surface area contributed by atoms with Crippen molar-refractivity contribution in [3.63, 3.8) is 0 Å². The number of aryl methyl sites for hydroxylation is 1. The zero-order valence-electron chi connectivity index (χ0n) is 10.8. The van der Waals surface area contributed by atoms with Crippen molar-refractivity contribution in [2.24, 2.45) is 0 Å². The summed E-state index contributed by atoms with van der Waals surface area (Å²) in [6, 6.07) is 8.98. The van der Waals surface area contributed by atoms with E-state index in [4.69, 9.17) is 0 Å². The lowest BCUT2D eigenvalue weighted by Crippen LogP contribution is -2.30. The average Bonchev–Trinajstić information content (AvgIpc) is 2.28. The van der Waals surface area contributed by atoms with Crippen LogP contribution >= 0.6 is 15.9 Å². The van der Waals surface area contributed by atoms with E-state index in [1.165, 1.54) is 25.8 Å². The Morgan fingerprint density at radius 3 is 2.94 bits per heavy atom. The van der Waals surface area contributed by atoms with Gasteiger partial charge in [-0.05, 0) is 43.4 Å². The smallest absolute Gasteiger partial charge is 0.0244 e. The largest absolute Gasteiger partial charge is 0.305 e. The molecule has 1 aromatic carbocycles. The first-order valence-corrected chi connectivity index (χ1v) is 7.49. The van der Waals surface area contributed by atoms with E-state index in [0.29, 0.717) is 4.83 Å². The van der Waals surface area contributed by atoms with Crippen LogP contribution in [0.4, 0.5) is 0 Å². The van der Waals surface area contributed by atoms with Crippen LogP contribution in [-0.4, -0.2) is 29.9 Å². The molecule has 0 aromatic heterocycles. The molecule has 0 radical (unpaired) electrons. The third kappa shape index (κ3) is 3.56. The Labute approximate surface area is 113 Å². The first-order chi connectivity index (χ1) is 8.16.